The number of nitrogens with zero attached hydrogens (tertiary/aromatic N) is 5. The van der Waals surface area contributed by atoms with E-state index in [1.165, 1.54) is 24.1 Å². The highest BCUT2D eigenvalue weighted by Crippen LogP contribution is 2.30. The minimum absolute atomic E-state index is 0.0218. The molecule has 4 rings (SSSR count). The summed E-state index contributed by atoms with van der Waals surface area (Å²) in [6.07, 6.45) is 0.304. The summed E-state index contributed by atoms with van der Waals surface area (Å²) in [6, 6.07) is 4.81. The van der Waals surface area contributed by atoms with Crippen LogP contribution < -0.4 is 5.32 Å². The fraction of sp³-hybridized carbons (Fsp3) is 0.368. The lowest BCUT2D eigenvalue weighted by molar-refractivity contribution is -0.0336. The third kappa shape index (κ3) is 3.45. The maximum Gasteiger partial charge on any atom is 0.322 e. The lowest BCUT2D eigenvalue weighted by Crippen LogP contribution is -2.40. The number of alkyl halides is 2. The highest BCUT2D eigenvalue weighted by Gasteiger charge is 2.41. The summed E-state index contributed by atoms with van der Waals surface area (Å²) in [5, 5.41) is 15.7. The van der Waals surface area contributed by atoms with E-state index in [1.54, 1.807) is 6.07 Å². The Morgan fingerprint density at radius 2 is 2.10 bits per heavy atom. The number of benzene rings is 1. The van der Waals surface area contributed by atoms with Crippen LogP contribution in [0.5, 0.6) is 0 Å². The van der Waals surface area contributed by atoms with Gasteiger partial charge in [0, 0.05) is 31.3 Å². The number of urea groups is 1. The van der Waals surface area contributed by atoms with Gasteiger partial charge in [0.15, 0.2) is 0 Å². The molecule has 3 amide bonds. The molecule has 0 radical (unpaired) electrons. The van der Waals surface area contributed by atoms with E-state index in [-0.39, 0.29) is 30.0 Å². The lowest BCUT2D eigenvalue weighted by atomic mass is 10.0. The molecule has 0 spiro atoms. The largest absolute Gasteiger partial charge is 0.334 e. The summed E-state index contributed by atoms with van der Waals surface area (Å²) in [5.41, 5.74) is 1.07. The Bertz CT molecular complexity index is 1090. The van der Waals surface area contributed by atoms with Crippen LogP contribution in [0.25, 0.3) is 0 Å². The predicted molar refractivity (Wildman–Crippen MR) is 98.4 cm³/mol. The summed E-state index contributed by atoms with van der Waals surface area (Å²) < 4.78 is 42.7. The number of halogens is 3. The summed E-state index contributed by atoms with van der Waals surface area (Å²) in [7, 11) is 1.31. The number of rotatable bonds is 1. The molecule has 0 unspecified atom stereocenters. The van der Waals surface area contributed by atoms with E-state index < -0.39 is 36.8 Å². The van der Waals surface area contributed by atoms with Crippen LogP contribution >= 0.6 is 0 Å². The van der Waals surface area contributed by atoms with Gasteiger partial charge in [0.1, 0.15) is 24.1 Å². The van der Waals surface area contributed by atoms with Crippen molar-refractivity contribution in [2.24, 2.45) is 0 Å². The van der Waals surface area contributed by atoms with Gasteiger partial charge in [-0.25, -0.2) is 18.0 Å². The van der Waals surface area contributed by atoms with Gasteiger partial charge >= 0.3 is 6.03 Å². The molecule has 2 aliphatic heterocycles. The minimum atomic E-state index is -3.11. The van der Waals surface area contributed by atoms with Gasteiger partial charge in [0.25, 0.3) is 11.8 Å². The van der Waals surface area contributed by atoms with E-state index in [2.05, 4.69) is 10.4 Å². The molecule has 0 atom stereocenters. The van der Waals surface area contributed by atoms with Crippen molar-refractivity contribution in [1.29, 1.82) is 5.26 Å². The SMILES string of the molecule is CN1CC(F)(F)Cn2nc3c(c2C1=O)CN(C(=O)Nc1ccc(F)c(C#N)c1)CC3. The highest BCUT2D eigenvalue weighted by molar-refractivity contribution is 5.95. The molecular weight excluding hydrogens is 401 g/mol. The molecule has 30 heavy (non-hydrogen) atoms. The summed E-state index contributed by atoms with van der Waals surface area (Å²) in [4.78, 5) is 27.7. The second-order valence-electron chi connectivity index (χ2n) is 7.36. The molecule has 1 aromatic heterocycles. The van der Waals surface area contributed by atoms with E-state index in [0.717, 1.165) is 15.6 Å². The Morgan fingerprint density at radius 3 is 2.83 bits per heavy atom. The van der Waals surface area contributed by atoms with Crippen LogP contribution in [0, 0.1) is 17.1 Å². The molecule has 0 saturated carbocycles. The van der Waals surface area contributed by atoms with Gasteiger partial charge in [-0.2, -0.15) is 10.4 Å². The smallest absolute Gasteiger partial charge is 0.322 e. The van der Waals surface area contributed by atoms with Gasteiger partial charge in [-0.3, -0.25) is 9.48 Å². The van der Waals surface area contributed by atoms with Gasteiger partial charge in [0.05, 0.1) is 24.3 Å². The first kappa shape index (κ1) is 19.8. The number of nitriles is 1. The van der Waals surface area contributed by atoms with Gasteiger partial charge in [-0.15, -0.1) is 0 Å². The number of carbonyl (C=O) groups is 2. The van der Waals surface area contributed by atoms with Crippen molar-refractivity contribution in [2.75, 3.05) is 25.5 Å². The van der Waals surface area contributed by atoms with E-state index >= 15 is 0 Å². The van der Waals surface area contributed by atoms with Gasteiger partial charge in [-0.05, 0) is 18.2 Å². The molecule has 1 aromatic carbocycles. The van der Waals surface area contributed by atoms with Crippen molar-refractivity contribution < 1.29 is 22.8 Å². The minimum Gasteiger partial charge on any atom is -0.334 e. The van der Waals surface area contributed by atoms with E-state index in [0.29, 0.717) is 17.7 Å². The average molecular weight is 418 g/mol. The molecule has 2 aromatic rings. The Balaban J connectivity index is 1.58. The Hall–Kier alpha value is -3.55. The molecule has 0 bridgehead atoms. The molecule has 2 aliphatic rings. The third-order valence-corrected chi connectivity index (χ3v) is 5.13. The molecule has 156 valence electrons. The Labute approximate surface area is 169 Å². The number of amides is 3. The molecule has 1 N–H and O–H groups in total. The fourth-order valence-electron chi connectivity index (χ4n) is 3.71. The third-order valence-electron chi connectivity index (χ3n) is 5.13. The van der Waals surface area contributed by atoms with Crippen molar-refractivity contribution >= 4 is 17.6 Å². The monoisotopic (exact) mass is 418 g/mol. The molecule has 0 saturated heterocycles. The van der Waals surface area contributed by atoms with Crippen LogP contribution in [0.2, 0.25) is 0 Å². The van der Waals surface area contributed by atoms with Crippen LogP contribution in [0.3, 0.4) is 0 Å². The molecule has 0 fully saturated rings. The first-order valence-corrected chi connectivity index (χ1v) is 9.16. The first-order valence-electron chi connectivity index (χ1n) is 9.16. The van der Waals surface area contributed by atoms with Gasteiger partial charge in [-0.1, -0.05) is 0 Å². The van der Waals surface area contributed by atoms with Crippen LogP contribution in [-0.2, 0) is 19.5 Å². The second kappa shape index (κ2) is 7.05. The quantitative estimate of drug-likeness (QED) is 0.768. The molecule has 8 nitrogen and oxygen atoms in total. The van der Waals surface area contributed by atoms with E-state index in [4.69, 9.17) is 5.26 Å². The topological polar surface area (TPSA) is 94.3 Å². The summed E-state index contributed by atoms with van der Waals surface area (Å²) >= 11 is 0. The Morgan fingerprint density at radius 1 is 1.33 bits per heavy atom. The van der Waals surface area contributed by atoms with Crippen LogP contribution in [0.1, 0.15) is 27.3 Å². The predicted octanol–water partition coefficient (Wildman–Crippen LogP) is 2.20. The second-order valence-corrected chi connectivity index (χ2v) is 7.36. The maximum absolute atomic E-state index is 14.1. The van der Waals surface area contributed by atoms with Crippen LogP contribution in [0.4, 0.5) is 23.7 Å². The fourth-order valence-corrected chi connectivity index (χ4v) is 3.71. The summed E-state index contributed by atoms with van der Waals surface area (Å²) in [5.74, 6) is -4.37. The zero-order valence-corrected chi connectivity index (χ0v) is 16.0. The number of hydrogen-bond acceptors (Lipinski definition) is 4. The number of anilines is 1. The van der Waals surface area contributed by atoms with Crippen molar-refractivity contribution in [3.05, 3.63) is 46.5 Å². The number of fused-ring (bicyclic) bond motifs is 3. The van der Waals surface area contributed by atoms with E-state index in [1.807, 2.05) is 0 Å². The van der Waals surface area contributed by atoms with Gasteiger partial charge < -0.3 is 15.1 Å². The van der Waals surface area contributed by atoms with Crippen molar-refractivity contribution in [2.45, 2.75) is 25.4 Å². The highest BCUT2D eigenvalue weighted by atomic mass is 19.3. The standard InChI is InChI=1S/C19H17F3N6O2/c1-26-9-19(21,22)10-28-16(17(26)29)13-8-27(5-4-15(13)25-28)18(30)24-12-2-3-14(20)11(6-12)7-23/h2-3,6H,4-5,8-10H2,1H3,(H,24,30). The zero-order valence-electron chi connectivity index (χ0n) is 16.0. The average Bonchev–Trinajstić information content (AvgIpc) is 3.00. The van der Waals surface area contributed by atoms with Crippen molar-refractivity contribution in [1.82, 2.24) is 19.6 Å². The number of hydrogen-bond donors (Lipinski definition) is 1. The Kier molecular flexibility index (Phi) is 4.64. The molecule has 11 heteroatoms. The zero-order chi connectivity index (χ0) is 21.6. The van der Waals surface area contributed by atoms with Crippen LogP contribution in [-0.4, -0.2) is 57.6 Å². The van der Waals surface area contributed by atoms with Gasteiger partial charge in [0.2, 0.25) is 0 Å². The molecule has 3 heterocycles. The maximum atomic E-state index is 14.1. The number of nitrogens with one attached hydrogen (secondary N) is 1. The van der Waals surface area contributed by atoms with Crippen LogP contribution in [0.15, 0.2) is 18.2 Å². The first-order chi connectivity index (χ1) is 14.2. The molecule has 0 aliphatic carbocycles. The van der Waals surface area contributed by atoms with Crippen molar-refractivity contribution in [3.63, 3.8) is 0 Å². The van der Waals surface area contributed by atoms with Crippen molar-refractivity contribution in [3.8, 4) is 6.07 Å². The lowest BCUT2D eigenvalue weighted by Gasteiger charge is -2.27. The summed E-state index contributed by atoms with van der Waals surface area (Å²) in [6.45, 7) is -1.12. The number of aromatic nitrogens is 2. The number of carbonyl (C=O) groups excluding carboxylic acids is 2. The normalized spacial score (nSPS) is 17.6. The van der Waals surface area contributed by atoms with E-state index in [9.17, 15) is 22.8 Å². The molecular formula is C19H17F3N6O2.